The lowest BCUT2D eigenvalue weighted by molar-refractivity contribution is -0.299. The van der Waals surface area contributed by atoms with Crippen molar-refractivity contribution in [1.29, 1.82) is 0 Å². The molecule has 0 N–H and O–H groups in total. The van der Waals surface area contributed by atoms with Crippen molar-refractivity contribution in [3.8, 4) is 0 Å². The fourth-order valence-corrected chi connectivity index (χ4v) is 1.77. The molecule has 0 aliphatic carbocycles. The molecule has 3 nitrogen and oxygen atoms in total. The van der Waals surface area contributed by atoms with E-state index in [2.05, 4.69) is 4.99 Å². The number of nitrogens with zero attached hydrogens (tertiary/aromatic N) is 1. The Balaban J connectivity index is 2.51. The Kier molecular flexibility index (Phi) is 3.56. The molecule has 0 unspecified atom stereocenters. The summed E-state index contributed by atoms with van der Waals surface area (Å²) in [4.78, 5) is 14.5. The average Bonchev–Trinajstić information content (AvgIpc) is 2.58. The van der Waals surface area contributed by atoms with Crippen molar-refractivity contribution in [2.45, 2.75) is 18.5 Å². The van der Waals surface area contributed by atoms with Gasteiger partial charge in [0.2, 0.25) is 0 Å². The van der Waals surface area contributed by atoms with Crippen molar-refractivity contribution in [1.82, 2.24) is 0 Å². The zero-order chi connectivity index (χ0) is 15.8. The molecule has 0 atom stereocenters. The fourth-order valence-electron chi connectivity index (χ4n) is 1.77. The Morgan fingerprint density at radius 3 is 2.43 bits per heavy atom. The lowest BCUT2D eigenvalue weighted by Gasteiger charge is -2.20. The molecule has 0 saturated heterocycles. The van der Waals surface area contributed by atoms with Gasteiger partial charge in [-0.3, -0.25) is 4.99 Å². The van der Waals surface area contributed by atoms with E-state index in [4.69, 9.17) is 0 Å². The second-order valence-electron chi connectivity index (χ2n) is 4.32. The molecule has 21 heavy (non-hydrogen) atoms. The van der Waals surface area contributed by atoms with Gasteiger partial charge in [0.05, 0.1) is 11.7 Å². The standard InChI is InChI=1S/C13H8F5NO2/c14-12(15,13(16,17)18)9-2-1-7-5-8(11(20)21)3-4-19-10(7)6-9/h1-2,4-6H,3H2,(H,20,21)/p-1. The molecule has 8 heteroatoms. The highest BCUT2D eigenvalue weighted by Crippen LogP contribution is 2.45. The van der Waals surface area contributed by atoms with E-state index in [0.717, 1.165) is 18.4 Å². The summed E-state index contributed by atoms with van der Waals surface area (Å²) in [6, 6.07) is 2.15. The molecule has 0 amide bonds. The van der Waals surface area contributed by atoms with Crippen LogP contribution in [-0.4, -0.2) is 18.4 Å². The van der Waals surface area contributed by atoms with E-state index in [1.165, 1.54) is 0 Å². The largest absolute Gasteiger partial charge is 0.545 e. The Morgan fingerprint density at radius 1 is 1.19 bits per heavy atom. The molecule has 1 aliphatic rings. The zero-order valence-corrected chi connectivity index (χ0v) is 10.2. The van der Waals surface area contributed by atoms with E-state index in [1.54, 1.807) is 0 Å². The lowest BCUT2D eigenvalue weighted by atomic mass is 10.0. The SMILES string of the molecule is O=C([O-])C1=Cc2ccc(C(F)(F)C(F)(F)F)cc2N=CC1. The highest BCUT2D eigenvalue weighted by Gasteiger charge is 2.58. The summed E-state index contributed by atoms with van der Waals surface area (Å²) in [5.74, 6) is -6.47. The number of halogens is 5. The Bertz CT molecular complexity index is 646. The van der Waals surface area contributed by atoms with Crippen LogP contribution in [0.3, 0.4) is 0 Å². The number of carboxylic acid groups (broad SMARTS) is 1. The molecule has 1 aromatic carbocycles. The predicted octanol–water partition coefficient (Wildman–Crippen LogP) is 2.58. The smallest absolute Gasteiger partial charge is 0.458 e. The van der Waals surface area contributed by atoms with Gasteiger partial charge in [0, 0.05) is 23.8 Å². The molecule has 0 saturated carbocycles. The number of carbonyl (C=O) groups is 1. The van der Waals surface area contributed by atoms with Gasteiger partial charge in [0.25, 0.3) is 0 Å². The van der Waals surface area contributed by atoms with Crippen LogP contribution in [0.5, 0.6) is 0 Å². The predicted molar refractivity (Wildman–Crippen MR) is 62.1 cm³/mol. The number of hydrogen-bond donors (Lipinski definition) is 0. The van der Waals surface area contributed by atoms with Crippen molar-refractivity contribution in [2.24, 2.45) is 4.99 Å². The number of aliphatic carboxylic acids is 1. The second kappa shape index (κ2) is 4.94. The molecule has 0 spiro atoms. The highest BCUT2D eigenvalue weighted by molar-refractivity contribution is 5.96. The van der Waals surface area contributed by atoms with E-state index in [1.807, 2.05) is 0 Å². The first-order chi connectivity index (χ1) is 9.63. The maximum atomic E-state index is 13.2. The van der Waals surface area contributed by atoms with Crippen LogP contribution < -0.4 is 5.11 Å². The van der Waals surface area contributed by atoms with Gasteiger partial charge < -0.3 is 9.90 Å². The van der Waals surface area contributed by atoms with E-state index >= 15 is 0 Å². The summed E-state index contributed by atoms with van der Waals surface area (Å²) in [6.07, 6.45) is -3.58. The van der Waals surface area contributed by atoms with E-state index in [-0.39, 0.29) is 23.2 Å². The molecule has 1 aliphatic heterocycles. The van der Waals surface area contributed by atoms with Crippen molar-refractivity contribution in [3.63, 3.8) is 0 Å². The minimum Gasteiger partial charge on any atom is -0.545 e. The second-order valence-corrected chi connectivity index (χ2v) is 4.32. The molecular formula is C13H7F5NO2-. The molecule has 0 fully saturated rings. The number of alkyl halides is 5. The Labute approximate surface area is 115 Å². The van der Waals surface area contributed by atoms with E-state index in [9.17, 15) is 31.9 Å². The third-order valence-corrected chi connectivity index (χ3v) is 2.88. The molecule has 2 rings (SSSR count). The summed E-state index contributed by atoms with van der Waals surface area (Å²) < 4.78 is 63.4. The number of aliphatic imine (C=N–C) groups is 1. The summed E-state index contributed by atoms with van der Waals surface area (Å²) in [5.41, 5.74) is -1.43. The molecule has 1 heterocycles. The van der Waals surface area contributed by atoms with Crippen LogP contribution in [0.4, 0.5) is 27.6 Å². The van der Waals surface area contributed by atoms with E-state index < -0.39 is 23.6 Å². The summed E-state index contributed by atoms with van der Waals surface area (Å²) in [7, 11) is 0. The minimum atomic E-state index is -5.72. The highest BCUT2D eigenvalue weighted by atomic mass is 19.4. The quantitative estimate of drug-likeness (QED) is 0.789. The number of carbonyl (C=O) groups excluding carboxylic acids is 1. The Hall–Kier alpha value is -2.25. The van der Waals surface area contributed by atoms with E-state index in [0.29, 0.717) is 12.1 Å². The minimum absolute atomic E-state index is 0.109. The van der Waals surface area contributed by atoms with Crippen LogP contribution in [0.1, 0.15) is 17.5 Å². The number of rotatable bonds is 2. The monoisotopic (exact) mass is 304 g/mol. The number of carboxylic acids is 1. The van der Waals surface area contributed by atoms with Gasteiger partial charge >= 0.3 is 12.1 Å². The van der Waals surface area contributed by atoms with Crippen LogP contribution in [0, 0.1) is 0 Å². The first-order valence-corrected chi connectivity index (χ1v) is 5.66. The number of fused-ring (bicyclic) bond motifs is 1. The van der Waals surface area contributed by atoms with Gasteiger partial charge in [-0.15, -0.1) is 0 Å². The first-order valence-electron chi connectivity index (χ1n) is 5.66. The van der Waals surface area contributed by atoms with Crippen LogP contribution in [0.25, 0.3) is 6.08 Å². The summed E-state index contributed by atoms with van der Waals surface area (Å²) in [5, 5.41) is 10.8. The van der Waals surface area contributed by atoms with Gasteiger partial charge in [-0.2, -0.15) is 22.0 Å². The zero-order valence-electron chi connectivity index (χ0n) is 10.2. The number of benzene rings is 1. The van der Waals surface area contributed by atoms with Crippen LogP contribution in [0.2, 0.25) is 0 Å². The van der Waals surface area contributed by atoms with Crippen LogP contribution in [-0.2, 0) is 10.7 Å². The van der Waals surface area contributed by atoms with Crippen LogP contribution in [0.15, 0.2) is 28.8 Å². The maximum Gasteiger partial charge on any atom is 0.458 e. The van der Waals surface area contributed by atoms with Crippen molar-refractivity contribution in [3.05, 3.63) is 34.9 Å². The van der Waals surface area contributed by atoms with Crippen molar-refractivity contribution in [2.75, 3.05) is 0 Å². The average molecular weight is 304 g/mol. The fraction of sp³-hybridized carbons (Fsp3) is 0.231. The Morgan fingerprint density at radius 2 is 1.86 bits per heavy atom. The molecule has 0 radical (unpaired) electrons. The maximum absolute atomic E-state index is 13.2. The molecule has 112 valence electrons. The lowest BCUT2D eigenvalue weighted by Crippen LogP contribution is -2.33. The molecule has 0 bridgehead atoms. The topological polar surface area (TPSA) is 52.5 Å². The third kappa shape index (κ3) is 2.79. The third-order valence-electron chi connectivity index (χ3n) is 2.88. The first kappa shape index (κ1) is 15.1. The van der Waals surface area contributed by atoms with Crippen molar-refractivity contribution >= 4 is 23.9 Å². The van der Waals surface area contributed by atoms with Gasteiger partial charge in [-0.05, 0) is 17.7 Å². The van der Waals surface area contributed by atoms with Gasteiger partial charge in [0.15, 0.2) is 0 Å². The summed E-state index contributed by atoms with van der Waals surface area (Å²) >= 11 is 0. The summed E-state index contributed by atoms with van der Waals surface area (Å²) in [6.45, 7) is 0. The normalized spacial score (nSPS) is 15.2. The molecular weight excluding hydrogens is 297 g/mol. The van der Waals surface area contributed by atoms with Gasteiger partial charge in [-0.1, -0.05) is 12.1 Å². The number of hydrogen-bond acceptors (Lipinski definition) is 3. The molecule has 1 aromatic rings. The molecule has 0 aromatic heterocycles. The van der Waals surface area contributed by atoms with Gasteiger partial charge in [-0.25, -0.2) is 0 Å². The van der Waals surface area contributed by atoms with Gasteiger partial charge in [0.1, 0.15) is 0 Å². The van der Waals surface area contributed by atoms with Crippen LogP contribution >= 0.6 is 0 Å². The van der Waals surface area contributed by atoms with Crippen molar-refractivity contribution < 1.29 is 31.9 Å².